The molecule has 1 spiro atoms. The highest BCUT2D eigenvalue weighted by molar-refractivity contribution is 5.96. The maximum atomic E-state index is 12.5. The maximum absolute atomic E-state index is 12.5. The zero-order valence-corrected chi connectivity index (χ0v) is 11.8. The Labute approximate surface area is 114 Å². The largest absolute Gasteiger partial charge is 0.371 e. The monoisotopic (exact) mass is 258 g/mol. The zero-order valence-electron chi connectivity index (χ0n) is 11.8. The van der Waals surface area contributed by atoms with E-state index in [2.05, 4.69) is 26.5 Å². The van der Waals surface area contributed by atoms with Gasteiger partial charge in [0.05, 0.1) is 11.7 Å². The van der Waals surface area contributed by atoms with Crippen molar-refractivity contribution in [2.75, 3.05) is 0 Å². The molecule has 2 nitrogen and oxygen atoms in total. The molecule has 2 saturated heterocycles. The first-order valence-corrected chi connectivity index (χ1v) is 7.46. The minimum atomic E-state index is -0.308. The standard InChI is InChI=1S/C17H22O2/c1-4-6-15(2)13(18)5-7-17-9-11-8-12(14(15)17)19-16(11,3)10-17/h4-5,7,11-12,14H,1,6,8-10H2,2-3H3/t11?,12?,14?,15-,16?,17?/m1/s1. The lowest BCUT2D eigenvalue weighted by atomic mass is 9.51. The minimum Gasteiger partial charge on any atom is -0.371 e. The maximum Gasteiger partial charge on any atom is 0.161 e. The molecule has 6 atom stereocenters. The van der Waals surface area contributed by atoms with Crippen LogP contribution in [0.5, 0.6) is 0 Å². The summed E-state index contributed by atoms with van der Waals surface area (Å²) in [5, 5.41) is 0. The molecule has 2 heteroatoms. The van der Waals surface area contributed by atoms with Gasteiger partial charge in [-0.15, -0.1) is 6.58 Å². The van der Waals surface area contributed by atoms with E-state index in [1.807, 2.05) is 12.2 Å². The number of carbonyl (C=O) groups excluding carboxylic acids is 1. The van der Waals surface area contributed by atoms with Gasteiger partial charge in [-0.3, -0.25) is 4.79 Å². The molecule has 5 aliphatic rings. The van der Waals surface area contributed by atoms with Crippen LogP contribution in [0.3, 0.4) is 0 Å². The van der Waals surface area contributed by atoms with Gasteiger partial charge in [-0.2, -0.15) is 0 Å². The Morgan fingerprint density at radius 2 is 2.32 bits per heavy atom. The van der Waals surface area contributed by atoms with Crippen LogP contribution in [0.4, 0.5) is 0 Å². The number of carbonyl (C=O) groups is 1. The summed E-state index contributed by atoms with van der Waals surface area (Å²) in [4.78, 5) is 12.5. The van der Waals surface area contributed by atoms with Crippen LogP contribution in [0.1, 0.15) is 39.5 Å². The van der Waals surface area contributed by atoms with Crippen molar-refractivity contribution in [2.24, 2.45) is 22.7 Å². The molecule has 5 rings (SSSR count). The van der Waals surface area contributed by atoms with Crippen molar-refractivity contribution in [1.82, 2.24) is 0 Å². The van der Waals surface area contributed by atoms with Crippen LogP contribution in [-0.4, -0.2) is 17.5 Å². The van der Waals surface area contributed by atoms with Crippen molar-refractivity contribution < 1.29 is 9.53 Å². The quantitative estimate of drug-likeness (QED) is 0.710. The van der Waals surface area contributed by atoms with E-state index in [9.17, 15) is 4.79 Å². The molecule has 5 unspecified atom stereocenters. The van der Waals surface area contributed by atoms with E-state index in [1.54, 1.807) is 0 Å². The third-order valence-electron chi connectivity index (χ3n) is 6.48. The smallest absolute Gasteiger partial charge is 0.161 e. The van der Waals surface area contributed by atoms with Crippen LogP contribution in [-0.2, 0) is 9.53 Å². The van der Waals surface area contributed by atoms with Crippen molar-refractivity contribution in [2.45, 2.75) is 51.2 Å². The van der Waals surface area contributed by atoms with E-state index < -0.39 is 0 Å². The van der Waals surface area contributed by atoms with Crippen molar-refractivity contribution in [3.63, 3.8) is 0 Å². The molecule has 4 fully saturated rings. The SMILES string of the molecule is C=CC[C@]1(C)C(=O)C=CC23CC4CC(OC4(C)C2)C31. The predicted octanol–water partition coefficient (Wildman–Crippen LogP) is 3.28. The van der Waals surface area contributed by atoms with Gasteiger partial charge in [0.1, 0.15) is 0 Å². The zero-order chi connectivity index (χ0) is 13.5. The van der Waals surface area contributed by atoms with Crippen molar-refractivity contribution in [3.05, 3.63) is 24.8 Å². The van der Waals surface area contributed by atoms with Crippen LogP contribution in [0.15, 0.2) is 24.8 Å². The number of ketones is 1. The summed E-state index contributed by atoms with van der Waals surface area (Å²) in [6.07, 6.45) is 10.5. The van der Waals surface area contributed by atoms with Crippen LogP contribution < -0.4 is 0 Å². The second-order valence-electron chi connectivity index (χ2n) is 7.60. The lowest BCUT2D eigenvalue weighted by Gasteiger charge is -2.55. The molecule has 0 aromatic rings. The summed E-state index contributed by atoms with van der Waals surface area (Å²) in [5.74, 6) is 1.31. The average Bonchev–Trinajstić information content (AvgIpc) is 2.68. The van der Waals surface area contributed by atoms with E-state index in [4.69, 9.17) is 4.74 Å². The number of hydrogen-bond acceptors (Lipinski definition) is 2. The second kappa shape index (κ2) is 3.22. The Balaban J connectivity index is 1.86. The topological polar surface area (TPSA) is 26.3 Å². The second-order valence-corrected chi connectivity index (χ2v) is 7.60. The molecule has 0 N–H and O–H groups in total. The van der Waals surface area contributed by atoms with Crippen LogP contribution in [0.25, 0.3) is 0 Å². The first kappa shape index (κ1) is 11.9. The van der Waals surface area contributed by atoms with Gasteiger partial charge in [0.2, 0.25) is 0 Å². The summed E-state index contributed by atoms with van der Waals surface area (Å²) in [7, 11) is 0. The molecular formula is C17H22O2. The average molecular weight is 258 g/mol. The van der Waals surface area contributed by atoms with Crippen molar-refractivity contribution >= 4 is 5.78 Å². The van der Waals surface area contributed by atoms with E-state index >= 15 is 0 Å². The summed E-state index contributed by atoms with van der Waals surface area (Å²) >= 11 is 0. The molecule has 4 bridgehead atoms. The Morgan fingerprint density at radius 3 is 3.00 bits per heavy atom. The van der Waals surface area contributed by atoms with Gasteiger partial charge in [0.25, 0.3) is 0 Å². The summed E-state index contributed by atoms with van der Waals surface area (Å²) in [5.41, 5.74) is -0.0228. The normalized spacial score (nSPS) is 57.6. The fourth-order valence-corrected chi connectivity index (χ4v) is 5.89. The fourth-order valence-electron chi connectivity index (χ4n) is 5.89. The Bertz CT molecular complexity index is 507. The van der Waals surface area contributed by atoms with E-state index in [-0.39, 0.29) is 28.3 Å². The van der Waals surface area contributed by atoms with Gasteiger partial charge in [0, 0.05) is 11.3 Å². The molecule has 2 heterocycles. The summed E-state index contributed by atoms with van der Waals surface area (Å²) in [6, 6.07) is 0. The van der Waals surface area contributed by atoms with Crippen molar-refractivity contribution in [3.8, 4) is 0 Å². The fraction of sp³-hybridized carbons (Fsp3) is 0.706. The van der Waals surface area contributed by atoms with Crippen LogP contribution >= 0.6 is 0 Å². The van der Waals surface area contributed by atoms with Gasteiger partial charge in [-0.25, -0.2) is 0 Å². The van der Waals surface area contributed by atoms with Crippen LogP contribution in [0, 0.1) is 22.7 Å². The molecule has 102 valence electrons. The molecule has 0 radical (unpaired) electrons. The first-order valence-electron chi connectivity index (χ1n) is 7.46. The lowest BCUT2D eigenvalue weighted by Crippen LogP contribution is -2.56. The van der Waals surface area contributed by atoms with Gasteiger partial charge in [-0.05, 0) is 50.0 Å². The molecule has 2 aliphatic heterocycles. The minimum absolute atomic E-state index is 0.0704. The highest BCUT2D eigenvalue weighted by Crippen LogP contribution is 2.71. The van der Waals surface area contributed by atoms with Gasteiger partial charge < -0.3 is 4.74 Å². The van der Waals surface area contributed by atoms with Gasteiger partial charge >= 0.3 is 0 Å². The molecule has 2 saturated carbocycles. The van der Waals surface area contributed by atoms with E-state index in [0.717, 1.165) is 19.3 Å². The molecular weight excluding hydrogens is 236 g/mol. The number of rotatable bonds is 2. The van der Waals surface area contributed by atoms with Gasteiger partial charge in [0.15, 0.2) is 5.78 Å². The molecule has 0 aromatic carbocycles. The summed E-state index contributed by atoms with van der Waals surface area (Å²) < 4.78 is 6.37. The van der Waals surface area contributed by atoms with E-state index in [0.29, 0.717) is 11.8 Å². The van der Waals surface area contributed by atoms with Crippen LogP contribution in [0.2, 0.25) is 0 Å². The third-order valence-corrected chi connectivity index (χ3v) is 6.48. The number of ether oxygens (including phenoxy) is 1. The van der Waals surface area contributed by atoms with Gasteiger partial charge in [-0.1, -0.05) is 19.1 Å². The number of allylic oxidation sites excluding steroid dienone is 3. The predicted molar refractivity (Wildman–Crippen MR) is 73.6 cm³/mol. The molecule has 0 aromatic heterocycles. The third kappa shape index (κ3) is 1.20. The Morgan fingerprint density at radius 1 is 1.53 bits per heavy atom. The Hall–Kier alpha value is -0.890. The molecule has 0 amide bonds. The molecule has 19 heavy (non-hydrogen) atoms. The van der Waals surface area contributed by atoms with E-state index in [1.165, 1.54) is 6.42 Å². The lowest BCUT2D eigenvalue weighted by molar-refractivity contribution is -0.167. The Kier molecular flexibility index (Phi) is 2.02. The first-order chi connectivity index (χ1) is 8.94. The highest BCUT2D eigenvalue weighted by atomic mass is 16.5. The van der Waals surface area contributed by atoms with Crippen molar-refractivity contribution in [1.29, 1.82) is 0 Å². The molecule has 3 aliphatic carbocycles. The number of hydrogen-bond donors (Lipinski definition) is 0. The summed E-state index contributed by atoms with van der Waals surface area (Å²) in [6.45, 7) is 8.27. The highest BCUT2D eigenvalue weighted by Gasteiger charge is 2.71.